The van der Waals surface area contributed by atoms with Gasteiger partial charge in [0.2, 0.25) is 0 Å². The van der Waals surface area contributed by atoms with Crippen molar-refractivity contribution in [2.24, 2.45) is 5.92 Å². The highest BCUT2D eigenvalue weighted by Gasteiger charge is 2.35. The molecular weight excluding hydrogens is 282 g/mol. The van der Waals surface area contributed by atoms with Crippen molar-refractivity contribution in [2.45, 2.75) is 44.1 Å². The first-order valence-electron chi connectivity index (χ1n) is 7.83. The quantitative estimate of drug-likeness (QED) is 0.799. The Morgan fingerprint density at radius 1 is 1.33 bits per heavy atom. The molecule has 1 aromatic carbocycles. The Morgan fingerprint density at radius 3 is 2.81 bits per heavy atom. The summed E-state index contributed by atoms with van der Waals surface area (Å²) in [5.41, 5.74) is 2.96. The summed E-state index contributed by atoms with van der Waals surface area (Å²) in [4.78, 5) is 0. The van der Waals surface area contributed by atoms with E-state index < -0.39 is 0 Å². The molecule has 0 spiro atoms. The minimum absolute atomic E-state index is 0. The summed E-state index contributed by atoms with van der Waals surface area (Å²) in [5.74, 6) is 2.62. The molecule has 2 nitrogen and oxygen atoms in total. The maximum absolute atomic E-state index is 5.65. The van der Waals surface area contributed by atoms with Crippen LogP contribution < -0.4 is 10.1 Å². The molecular formula is C18H26ClNO. The number of methoxy groups -OCH3 is 1. The predicted octanol–water partition coefficient (Wildman–Crippen LogP) is 4.09. The predicted molar refractivity (Wildman–Crippen MR) is 90.6 cm³/mol. The fourth-order valence-electron chi connectivity index (χ4n) is 3.59. The molecule has 2 aliphatic carbocycles. The molecule has 0 unspecified atom stereocenters. The van der Waals surface area contributed by atoms with Crippen molar-refractivity contribution < 1.29 is 4.74 Å². The second kappa shape index (κ2) is 7.33. The van der Waals surface area contributed by atoms with Gasteiger partial charge < -0.3 is 10.1 Å². The zero-order chi connectivity index (χ0) is 13.9. The van der Waals surface area contributed by atoms with Crippen LogP contribution in [0.4, 0.5) is 0 Å². The Morgan fingerprint density at radius 2 is 2.14 bits per heavy atom. The highest BCUT2D eigenvalue weighted by molar-refractivity contribution is 5.85. The van der Waals surface area contributed by atoms with Crippen molar-refractivity contribution in [3.05, 3.63) is 42.0 Å². The SMILES string of the molecule is C=CCN[C@@H]1CCc2cccc(OC)c2[C@@H]1CC1CC1.Cl. The van der Waals surface area contributed by atoms with Gasteiger partial charge in [-0.05, 0) is 36.8 Å². The first-order valence-corrected chi connectivity index (χ1v) is 7.83. The summed E-state index contributed by atoms with van der Waals surface area (Å²) in [5, 5.41) is 3.67. The molecule has 0 amide bonds. The molecule has 0 aliphatic heterocycles. The van der Waals surface area contributed by atoms with Crippen molar-refractivity contribution in [1.29, 1.82) is 0 Å². The first kappa shape index (κ1) is 16.4. The van der Waals surface area contributed by atoms with E-state index in [4.69, 9.17) is 4.74 Å². The molecule has 0 heterocycles. The van der Waals surface area contributed by atoms with Gasteiger partial charge in [-0.15, -0.1) is 19.0 Å². The van der Waals surface area contributed by atoms with Gasteiger partial charge >= 0.3 is 0 Å². The Labute approximate surface area is 134 Å². The number of nitrogens with one attached hydrogen (secondary N) is 1. The molecule has 2 atom stereocenters. The third-order valence-electron chi connectivity index (χ3n) is 4.77. The molecule has 0 aromatic heterocycles. The molecule has 1 aromatic rings. The maximum Gasteiger partial charge on any atom is 0.122 e. The molecule has 1 N–H and O–H groups in total. The van der Waals surface area contributed by atoms with E-state index >= 15 is 0 Å². The fraction of sp³-hybridized carbons (Fsp3) is 0.556. The molecule has 3 rings (SSSR count). The molecule has 0 saturated heterocycles. The van der Waals surface area contributed by atoms with Crippen LogP contribution in [0.1, 0.15) is 42.7 Å². The van der Waals surface area contributed by atoms with Gasteiger partial charge in [-0.3, -0.25) is 0 Å². The highest BCUT2D eigenvalue weighted by atomic mass is 35.5. The van der Waals surface area contributed by atoms with Crippen LogP contribution in [0.3, 0.4) is 0 Å². The minimum Gasteiger partial charge on any atom is -0.496 e. The second-order valence-electron chi connectivity index (χ2n) is 6.16. The fourth-order valence-corrected chi connectivity index (χ4v) is 3.59. The average Bonchev–Trinajstić information content (AvgIpc) is 3.29. The monoisotopic (exact) mass is 307 g/mol. The van der Waals surface area contributed by atoms with Gasteiger partial charge in [0.25, 0.3) is 0 Å². The van der Waals surface area contributed by atoms with Crippen LogP contribution >= 0.6 is 12.4 Å². The molecule has 3 heteroatoms. The lowest BCUT2D eigenvalue weighted by Gasteiger charge is -2.35. The number of hydrogen-bond acceptors (Lipinski definition) is 2. The van der Waals surface area contributed by atoms with Gasteiger partial charge in [0.05, 0.1) is 7.11 Å². The Balaban J connectivity index is 0.00000161. The highest BCUT2D eigenvalue weighted by Crippen LogP contribution is 2.46. The number of halogens is 1. The summed E-state index contributed by atoms with van der Waals surface area (Å²) in [6.07, 6.45) is 8.48. The number of aryl methyl sites for hydroxylation is 1. The van der Waals surface area contributed by atoms with E-state index in [2.05, 4.69) is 30.1 Å². The molecule has 1 fully saturated rings. The average molecular weight is 308 g/mol. The standard InChI is InChI=1S/C18H25NO.ClH/c1-3-11-19-16-10-9-14-5-4-6-17(20-2)18(14)15(16)12-13-7-8-13;/h3-6,13,15-16,19H,1,7-12H2,2H3;1H/t15-,16-;/m1./s1. The number of ether oxygens (including phenoxy) is 1. The maximum atomic E-state index is 5.65. The van der Waals surface area contributed by atoms with Gasteiger partial charge in [-0.25, -0.2) is 0 Å². The smallest absolute Gasteiger partial charge is 0.122 e. The van der Waals surface area contributed by atoms with Crippen LogP contribution in [0, 0.1) is 5.92 Å². The van der Waals surface area contributed by atoms with E-state index in [0.717, 1.165) is 24.6 Å². The molecule has 0 radical (unpaired) electrons. The summed E-state index contributed by atoms with van der Waals surface area (Å²) in [7, 11) is 1.80. The molecule has 2 aliphatic rings. The normalized spacial score (nSPS) is 23.9. The summed E-state index contributed by atoms with van der Waals surface area (Å²) < 4.78 is 5.65. The van der Waals surface area contributed by atoms with Gasteiger partial charge in [-0.2, -0.15) is 0 Å². The van der Waals surface area contributed by atoms with Crippen LogP contribution in [0.15, 0.2) is 30.9 Å². The van der Waals surface area contributed by atoms with Crippen molar-refractivity contribution in [3.8, 4) is 5.75 Å². The van der Waals surface area contributed by atoms with Crippen molar-refractivity contribution >= 4 is 12.4 Å². The van der Waals surface area contributed by atoms with Crippen LogP contribution in [0.5, 0.6) is 5.75 Å². The lowest BCUT2D eigenvalue weighted by atomic mass is 9.76. The van der Waals surface area contributed by atoms with Gasteiger partial charge in [0, 0.05) is 24.1 Å². The molecule has 0 bridgehead atoms. The Hall–Kier alpha value is -0.990. The zero-order valence-electron chi connectivity index (χ0n) is 12.8. The van der Waals surface area contributed by atoms with E-state index in [1.165, 1.54) is 36.8 Å². The summed E-state index contributed by atoms with van der Waals surface area (Å²) in [6.45, 7) is 4.73. The van der Waals surface area contributed by atoms with E-state index in [0.29, 0.717) is 12.0 Å². The van der Waals surface area contributed by atoms with E-state index in [9.17, 15) is 0 Å². The largest absolute Gasteiger partial charge is 0.496 e. The lowest BCUT2D eigenvalue weighted by Crippen LogP contribution is -2.39. The van der Waals surface area contributed by atoms with Crippen LogP contribution in [0.2, 0.25) is 0 Å². The second-order valence-corrected chi connectivity index (χ2v) is 6.16. The molecule has 116 valence electrons. The third kappa shape index (κ3) is 3.61. The summed E-state index contributed by atoms with van der Waals surface area (Å²) in [6, 6.07) is 7.09. The van der Waals surface area contributed by atoms with Crippen molar-refractivity contribution in [1.82, 2.24) is 5.32 Å². The van der Waals surface area contributed by atoms with E-state index in [1.807, 2.05) is 6.08 Å². The third-order valence-corrected chi connectivity index (χ3v) is 4.77. The molecule has 21 heavy (non-hydrogen) atoms. The van der Waals surface area contributed by atoms with Gasteiger partial charge in [-0.1, -0.05) is 31.1 Å². The number of hydrogen-bond donors (Lipinski definition) is 1. The van der Waals surface area contributed by atoms with E-state index in [1.54, 1.807) is 7.11 Å². The van der Waals surface area contributed by atoms with Gasteiger partial charge in [0.1, 0.15) is 5.75 Å². The Kier molecular flexibility index (Phi) is 5.72. The molecule has 1 saturated carbocycles. The Bertz CT molecular complexity index is 470. The van der Waals surface area contributed by atoms with Crippen LogP contribution in [-0.4, -0.2) is 19.7 Å². The number of rotatable bonds is 6. The summed E-state index contributed by atoms with van der Waals surface area (Å²) >= 11 is 0. The van der Waals surface area contributed by atoms with Crippen LogP contribution in [-0.2, 0) is 6.42 Å². The van der Waals surface area contributed by atoms with Crippen molar-refractivity contribution in [2.75, 3.05) is 13.7 Å². The minimum atomic E-state index is 0. The topological polar surface area (TPSA) is 21.3 Å². The zero-order valence-corrected chi connectivity index (χ0v) is 13.6. The number of fused-ring (bicyclic) bond motifs is 1. The first-order chi connectivity index (χ1) is 9.83. The number of benzene rings is 1. The van der Waals surface area contributed by atoms with Crippen LogP contribution in [0.25, 0.3) is 0 Å². The van der Waals surface area contributed by atoms with Gasteiger partial charge in [0.15, 0.2) is 0 Å². The van der Waals surface area contributed by atoms with E-state index in [-0.39, 0.29) is 12.4 Å². The van der Waals surface area contributed by atoms with Crippen molar-refractivity contribution in [3.63, 3.8) is 0 Å². The lowest BCUT2D eigenvalue weighted by molar-refractivity contribution is 0.347.